The molecule has 3 atom stereocenters. The summed E-state index contributed by atoms with van der Waals surface area (Å²) in [4.78, 5) is 26.3. The quantitative estimate of drug-likeness (QED) is 0.767. The van der Waals surface area contributed by atoms with Gasteiger partial charge >= 0.3 is 0 Å². The van der Waals surface area contributed by atoms with Gasteiger partial charge in [-0.1, -0.05) is 13.8 Å². The van der Waals surface area contributed by atoms with E-state index < -0.39 is 5.54 Å². The lowest BCUT2D eigenvalue weighted by Crippen LogP contribution is -2.57. The summed E-state index contributed by atoms with van der Waals surface area (Å²) in [7, 11) is 0. The van der Waals surface area contributed by atoms with Crippen LogP contribution in [0.25, 0.3) is 0 Å². The normalized spacial score (nSPS) is 36.1. The van der Waals surface area contributed by atoms with Gasteiger partial charge in [-0.05, 0) is 37.0 Å². The van der Waals surface area contributed by atoms with E-state index in [1.807, 2.05) is 13.8 Å². The molecule has 3 saturated carbocycles. The third-order valence-electron chi connectivity index (χ3n) is 5.81. The number of imide groups is 1. The van der Waals surface area contributed by atoms with Crippen molar-refractivity contribution in [2.24, 2.45) is 23.2 Å². The maximum absolute atomic E-state index is 12.5. The Morgan fingerprint density at radius 1 is 1.24 bits per heavy atom. The molecule has 0 aromatic carbocycles. The zero-order valence-corrected chi connectivity index (χ0v) is 12.6. The largest absolute Gasteiger partial charge is 0.295 e. The second kappa shape index (κ2) is 3.86. The van der Waals surface area contributed by atoms with Crippen LogP contribution < -0.4 is 5.32 Å². The van der Waals surface area contributed by atoms with E-state index in [-0.39, 0.29) is 41.5 Å². The van der Waals surface area contributed by atoms with Gasteiger partial charge in [-0.25, -0.2) is 0 Å². The van der Waals surface area contributed by atoms with Gasteiger partial charge < -0.3 is 0 Å². The molecule has 0 aromatic rings. The van der Waals surface area contributed by atoms with Crippen molar-refractivity contribution in [1.82, 2.24) is 10.2 Å². The second-order valence-electron chi connectivity index (χ2n) is 7.82. The van der Waals surface area contributed by atoms with Gasteiger partial charge in [0.2, 0.25) is 11.8 Å². The highest BCUT2D eigenvalue weighted by molar-refractivity contribution is 6.10. The SMILES string of the molecule is CC1(C)C2C(=O)N(CC(C#N)(NC3CC3)C3CC3)C(=O)C21. The average molecular weight is 287 g/mol. The van der Waals surface area contributed by atoms with Crippen LogP contribution in [0.5, 0.6) is 0 Å². The molecular formula is C16H21N3O2. The van der Waals surface area contributed by atoms with Crippen LogP contribution in [0, 0.1) is 34.5 Å². The Morgan fingerprint density at radius 2 is 1.81 bits per heavy atom. The fourth-order valence-corrected chi connectivity index (χ4v) is 4.03. The maximum atomic E-state index is 12.5. The third kappa shape index (κ3) is 1.78. The van der Waals surface area contributed by atoms with E-state index in [0.717, 1.165) is 25.7 Å². The van der Waals surface area contributed by atoms with Crippen molar-refractivity contribution in [3.63, 3.8) is 0 Å². The van der Waals surface area contributed by atoms with Crippen LogP contribution in [0.1, 0.15) is 39.5 Å². The zero-order chi connectivity index (χ0) is 15.0. The Hall–Kier alpha value is -1.41. The molecule has 2 amide bonds. The van der Waals surface area contributed by atoms with Gasteiger partial charge in [0.05, 0.1) is 24.4 Å². The minimum Gasteiger partial charge on any atom is -0.295 e. The number of hydrogen-bond donors (Lipinski definition) is 1. The van der Waals surface area contributed by atoms with Crippen LogP contribution in [0.4, 0.5) is 0 Å². The van der Waals surface area contributed by atoms with Crippen LogP contribution in [-0.2, 0) is 9.59 Å². The smallest absolute Gasteiger partial charge is 0.233 e. The number of nitrogens with one attached hydrogen (secondary N) is 1. The van der Waals surface area contributed by atoms with Gasteiger partial charge in [0.25, 0.3) is 0 Å². The van der Waals surface area contributed by atoms with E-state index in [2.05, 4.69) is 11.4 Å². The molecule has 3 aliphatic carbocycles. The average Bonchev–Trinajstić information content (AvgIpc) is 3.28. The number of piperidine rings is 1. The zero-order valence-electron chi connectivity index (χ0n) is 12.6. The van der Waals surface area contributed by atoms with Crippen LogP contribution in [0.3, 0.4) is 0 Å². The number of nitriles is 1. The lowest BCUT2D eigenvalue weighted by Gasteiger charge is -2.33. The Bertz CT molecular complexity index is 547. The summed E-state index contributed by atoms with van der Waals surface area (Å²) in [6, 6.07) is 2.80. The number of amides is 2. The molecule has 1 N–H and O–H groups in total. The number of carbonyl (C=O) groups is 2. The minimum atomic E-state index is -0.715. The van der Waals surface area contributed by atoms with Gasteiger partial charge in [-0.3, -0.25) is 19.8 Å². The predicted octanol–water partition coefficient (Wildman–Crippen LogP) is 1.05. The first-order chi connectivity index (χ1) is 9.90. The maximum Gasteiger partial charge on any atom is 0.233 e. The van der Waals surface area contributed by atoms with Crippen molar-refractivity contribution in [2.45, 2.75) is 51.1 Å². The fourth-order valence-electron chi connectivity index (χ4n) is 4.03. The Balaban J connectivity index is 1.55. The molecule has 0 radical (unpaired) electrons. The molecule has 3 unspecified atom stereocenters. The highest BCUT2D eigenvalue weighted by Crippen LogP contribution is 2.63. The van der Waals surface area contributed by atoms with Gasteiger partial charge in [-0.15, -0.1) is 0 Å². The first-order valence-electron chi connectivity index (χ1n) is 7.95. The summed E-state index contributed by atoms with van der Waals surface area (Å²) in [5.41, 5.74) is -0.892. The molecule has 5 nitrogen and oxygen atoms in total. The summed E-state index contributed by atoms with van der Waals surface area (Å²) in [5, 5.41) is 13.1. The highest BCUT2D eigenvalue weighted by atomic mass is 16.2. The number of likely N-dealkylation sites (tertiary alicyclic amines) is 1. The Labute approximate surface area is 124 Å². The monoisotopic (exact) mass is 287 g/mol. The number of nitrogens with zero attached hydrogens (tertiary/aromatic N) is 2. The number of hydrogen-bond acceptors (Lipinski definition) is 4. The lowest BCUT2D eigenvalue weighted by molar-refractivity contribution is -0.144. The molecule has 4 rings (SSSR count). The second-order valence-corrected chi connectivity index (χ2v) is 7.82. The molecule has 5 heteroatoms. The van der Waals surface area contributed by atoms with E-state index in [0.29, 0.717) is 6.04 Å². The van der Waals surface area contributed by atoms with E-state index in [1.165, 1.54) is 4.90 Å². The summed E-state index contributed by atoms with van der Waals surface area (Å²) >= 11 is 0. The topological polar surface area (TPSA) is 73.2 Å². The van der Waals surface area contributed by atoms with Gasteiger partial charge in [0.1, 0.15) is 5.54 Å². The number of carbonyl (C=O) groups excluding carboxylic acids is 2. The van der Waals surface area contributed by atoms with Gasteiger partial charge in [-0.2, -0.15) is 5.26 Å². The fraction of sp³-hybridized carbons (Fsp3) is 0.812. The van der Waals surface area contributed by atoms with Gasteiger partial charge in [0, 0.05) is 6.04 Å². The molecule has 0 bridgehead atoms. The molecule has 0 aromatic heterocycles. The van der Waals surface area contributed by atoms with Crippen molar-refractivity contribution < 1.29 is 9.59 Å². The molecule has 1 heterocycles. The third-order valence-corrected chi connectivity index (χ3v) is 5.81. The molecule has 1 aliphatic heterocycles. The van der Waals surface area contributed by atoms with Gasteiger partial charge in [0.15, 0.2) is 0 Å². The minimum absolute atomic E-state index is 0.0622. The van der Waals surface area contributed by atoms with E-state index >= 15 is 0 Å². The summed E-state index contributed by atoms with van der Waals surface area (Å²) in [6.07, 6.45) is 4.22. The summed E-state index contributed by atoms with van der Waals surface area (Å²) in [6.45, 7) is 4.21. The Kier molecular flexibility index (Phi) is 2.44. The Morgan fingerprint density at radius 3 is 2.24 bits per heavy atom. The first kappa shape index (κ1) is 13.3. The van der Waals surface area contributed by atoms with Crippen molar-refractivity contribution in [3.05, 3.63) is 0 Å². The van der Waals surface area contributed by atoms with Crippen molar-refractivity contribution in [3.8, 4) is 6.07 Å². The number of rotatable bonds is 5. The molecule has 112 valence electrons. The van der Waals surface area contributed by atoms with Crippen LogP contribution in [-0.4, -0.2) is 34.8 Å². The first-order valence-corrected chi connectivity index (χ1v) is 7.95. The van der Waals surface area contributed by atoms with Crippen molar-refractivity contribution in [1.29, 1.82) is 5.26 Å². The molecule has 0 spiro atoms. The highest BCUT2D eigenvalue weighted by Gasteiger charge is 2.73. The summed E-state index contributed by atoms with van der Waals surface area (Å²) < 4.78 is 0. The lowest BCUT2D eigenvalue weighted by atomic mass is 9.93. The molecule has 4 fully saturated rings. The van der Waals surface area contributed by atoms with Crippen molar-refractivity contribution in [2.75, 3.05) is 6.54 Å². The van der Waals surface area contributed by atoms with Crippen LogP contribution in [0.2, 0.25) is 0 Å². The van der Waals surface area contributed by atoms with Crippen molar-refractivity contribution >= 4 is 11.8 Å². The van der Waals surface area contributed by atoms with E-state index in [4.69, 9.17) is 0 Å². The summed E-state index contributed by atoms with van der Waals surface area (Å²) in [5.74, 6) is -0.141. The molecule has 1 saturated heterocycles. The molecule has 21 heavy (non-hydrogen) atoms. The predicted molar refractivity (Wildman–Crippen MR) is 74.7 cm³/mol. The number of fused-ring (bicyclic) bond motifs is 1. The molecular weight excluding hydrogens is 266 g/mol. The van der Waals surface area contributed by atoms with Crippen LogP contribution >= 0.6 is 0 Å². The molecule has 4 aliphatic rings. The standard InChI is InChI=1S/C16H21N3O2/c1-15(2)11-12(15)14(21)19(13(11)20)8-16(7-17,9-3-4-9)18-10-5-6-10/h9-12,18H,3-6,8H2,1-2H3. The van der Waals surface area contributed by atoms with Crippen LogP contribution in [0.15, 0.2) is 0 Å². The van der Waals surface area contributed by atoms with E-state index in [1.54, 1.807) is 0 Å². The van der Waals surface area contributed by atoms with E-state index in [9.17, 15) is 14.9 Å².